The van der Waals surface area contributed by atoms with Crippen LogP contribution >= 0.6 is 11.8 Å². The number of aromatic nitrogens is 3. The van der Waals surface area contributed by atoms with Crippen LogP contribution in [-0.2, 0) is 16.6 Å². The van der Waals surface area contributed by atoms with Gasteiger partial charge in [0.2, 0.25) is 5.91 Å². The molecule has 0 saturated heterocycles. The first-order valence-corrected chi connectivity index (χ1v) is 13.9. The second kappa shape index (κ2) is 11.9. The van der Waals surface area contributed by atoms with Crippen LogP contribution in [0.25, 0.3) is 11.4 Å². The number of aryl methyl sites for hydroxylation is 1. The molecular weight excluding hydrogens is 452 g/mol. The summed E-state index contributed by atoms with van der Waals surface area (Å²) in [5.74, 6) is 1.33. The lowest BCUT2D eigenvalue weighted by Crippen LogP contribution is -2.26. The molecule has 1 heterocycles. The van der Waals surface area contributed by atoms with Crippen LogP contribution in [0.4, 0.5) is 0 Å². The number of rotatable bonds is 9. The first-order valence-electron chi connectivity index (χ1n) is 12.9. The Balaban J connectivity index is 1.40. The van der Waals surface area contributed by atoms with Crippen LogP contribution in [-0.4, -0.2) is 33.0 Å². The summed E-state index contributed by atoms with van der Waals surface area (Å²) in [5, 5.41) is 13.1. The molecule has 2 aromatic carbocycles. The van der Waals surface area contributed by atoms with Gasteiger partial charge < -0.3 is 5.32 Å². The average molecular weight is 491 g/mol. The number of amides is 1. The molecule has 1 aliphatic carbocycles. The third kappa shape index (κ3) is 6.97. The minimum absolute atomic E-state index is 0.0531. The fourth-order valence-corrected chi connectivity index (χ4v) is 5.54. The van der Waals surface area contributed by atoms with Gasteiger partial charge in [-0.1, -0.05) is 106 Å². The van der Waals surface area contributed by atoms with Crippen molar-refractivity contribution in [3.8, 4) is 11.4 Å². The Kier molecular flexibility index (Phi) is 8.66. The number of carbonyl (C=O) groups excluding carboxylic acids is 1. The van der Waals surface area contributed by atoms with Gasteiger partial charge in [0.1, 0.15) is 0 Å². The van der Waals surface area contributed by atoms with Crippen molar-refractivity contribution in [3.63, 3.8) is 0 Å². The summed E-state index contributed by atoms with van der Waals surface area (Å²) in [6.07, 6.45) is 7.96. The second-order valence-corrected chi connectivity index (χ2v) is 11.5. The SMILES string of the molecule is CC(C)(C)c1ccc(-c2nnc(SCC(=O)NCCCc3ccccc3)n2C2CCCCC2)cc1. The molecule has 0 unspecified atom stereocenters. The number of carbonyl (C=O) groups is 1. The molecule has 0 radical (unpaired) electrons. The maximum atomic E-state index is 12.5. The van der Waals surface area contributed by atoms with Crippen LogP contribution in [0.2, 0.25) is 0 Å². The molecule has 5 nitrogen and oxygen atoms in total. The molecule has 186 valence electrons. The van der Waals surface area contributed by atoms with E-state index < -0.39 is 0 Å². The van der Waals surface area contributed by atoms with Gasteiger partial charge in [-0.2, -0.15) is 0 Å². The van der Waals surface area contributed by atoms with Gasteiger partial charge in [0.05, 0.1) is 5.75 Å². The smallest absolute Gasteiger partial charge is 0.230 e. The van der Waals surface area contributed by atoms with Crippen molar-refractivity contribution in [2.45, 2.75) is 82.3 Å². The monoisotopic (exact) mass is 490 g/mol. The summed E-state index contributed by atoms with van der Waals surface area (Å²) in [7, 11) is 0. The normalized spacial score (nSPS) is 14.7. The van der Waals surface area contributed by atoms with Crippen molar-refractivity contribution < 1.29 is 4.79 Å². The van der Waals surface area contributed by atoms with Crippen molar-refractivity contribution in [2.24, 2.45) is 0 Å². The predicted octanol–water partition coefficient (Wildman–Crippen LogP) is 6.59. The summed E-state index contributed by atoms with van der Waals surface area (Å²) >= 11 is 1.50. The molecule has 1 N–H and O–H groups in total. The minimum atomic E-state index is 0.0531. The number of hydrogen-bond acceptors (Lipinski definition) is 4. The average Bonchev–Trinajstić information content (AvgIpc) is 3.30. The summed E-state index contributed by atoms with van der Waals surface area (Å²) in [5.41, 5.74) is 3.82. The van der Waals surface area contributed by atoms with E-state index in [1.54, 1.807) is 0 Å². The lowest BCUT2D eigenvalue weighted by atomic mass is 9.86. The van der Waals surface area contributed by atoms with Crippen molar-refractivity contribution in [3.05, 3.63) is 65.7 Å². The Morgan fingerprint density at radius 3 is 2.40 bits per heavy atom. The molecule has 35 heavy (non-hydrogen) atoms. The number of nitrogens with zero attached hydrogens (tertiary/aromatic N) is 3. The molecule has 1 aliphatic rings. The van der Waals surface area contributed by atoms with Gasteiger partial charge >= 0.3 is 0 Å². The third-order valence-electron chi connectivity index (χ3n) is 6.75. The van der Waals surface area contributed by atoms with Crippen molar-refractivity contribution in [2.75, 3.05) is 12.3 Å². The van der Waals surface area contributed by atoms with E-state index in [2.05, 4.69) is 89.4 Å². The van der Waals surface area contributed by atoms with Crippen molar-refractivity contribution in [1.82, 2.24) is 20.1 Å². The van der Waals surface area contributed by atoms with Crippen LogP contribution in [0, 0.1) is 0 Å². The van der Waals surface area contributed by atoms with Gasteiger partial charge in [-0.15, -0.1) is 10.2 Å². The molecule has 0 atom stereocenters. The van der Waals surface area contributed by atoms with E-state index >= 15 is 0 Å². The molecule has 0 aliphatic heterocycles. The van der Waals surface area contributed by atoms with Gasteiger partial charge in [0.25, 0.3) is 0 Å². The molecule has 3 aromatic rings. The van der Waals surface area contributed by atoms with Gasteiger partial charge in [0.15, 0.2) is 11.0 Å². The van der Waals surface area contributed by atoms with Crippen LogP contribution in [0.15, 0.2) is 59.8 Å². The van der Waals surface area contributed by atoms with Gasteiger partial charge in [-0.05, 0) is 42.2 Å². The van der Waals surface area contributed by atoms with E-state index in [-0.39, 0.29) is 11.3 Å². The zero-order valence-electron chi connectivity index (χ0n) is 21.3. The highest BCUT2D eigenvalue weighted by molar-refractivity contribution is 7.99. The summed E-state index contributed by atoms with van der Waals surface area (Å²) in [6.45, 7) is 7.38. The molecule has 1 amide bonds. The van der Waals surface area contributed by atoms with Crippen molar-refractivity contribution >= 4 is 17.7 Å². The zero-order chi connectivity index (χ0) is 24.7. The van der Waals surface area contributed by atoms with E-state index in [4.69, 9.17) is 0 Å². The largest absolute Gasteiger partial charge is 0.355 e. The van der Waals surface area contributed by atoms with Gasteiger partial charge in [0, 0.05) is 18.2 Å². The highest BCUT2D eigenvalue weighted by Gasteiger charge is 2.24. The van der Waals surface area contributed by atoms with Crippen LogP contribution in [0.1, 0.15) is 76.5 Å². The van der Waals surface area contributed by atoms with E-state index in [1.165, 1.54) is 42.2 Å². The predicted molar refractivity (Wildman–Crippen MR) is 145 cm³/mol. The molecule has 1 saturated carbocycles. The molecule has 1 fully saturated rings. The molecule has 0 bridgehead atoms. The van der Waals surface area contributed by atoms with Crippen LogP contribution in [0.5, 0.6) is 0 Å². The van der Waals surface area contributed by atoms with Gasteiger partial charge in [-0.3, -0.25) is 9.36 Å². The fourth-order valence-electron chi connectivity index (χ4n) is 4.71. The Bertz CT molecular complexity index is 1080. The van der Waals surface area contributed by atoms with Gasteiger partial charge in [-0.25, -0.2) is 0 Å². The molecule has 4 rings (SSSR count). The fraction of sp³-hybridized carbons (Fsp3) is 0.483. The summed E-state index contributed by atoms with van der Waals surface area (Å²) < 4.78 is 2.30. The highest BCUT2D eigenvalue weighted by Crippen LogP contribution is 2.36. The lowest BCUT2D eigenvalue weighted by molar-refractivity contribution is -0.118. The quantitative estimate of drug-likeness (QED) is 0.272. The standard InChI is InChI=1S/C29H38N4OS/c1-29(2,3)24-18-16-23(17-19-24)27-31-32-28(33(27)25-14-8-5-9-15-25)35-21-26(34)30-20-10-13-22-11-6-4-7-12-22/h4,6-7,11-12,16-19,25H,5,8-10,13-15,20-21H2,1-3H3,(H,30,34). The molecular formula is C29H38N4OS. The topological polar surface area (TPSA) is 59.8 Å². The summed E-state index contributed by atoms with van der Waals surface area (Å²) in [6, 6.07) is 19.5. The first-order chi connectivity index (χ1) is 16.9. The second-order valence-electron chi connectivity index (χ2n) is 10.5. The Labute approximate surface area is 214 Å². The number of thioether (sulfide) groups is 1. The van der Waals surface area contributed by atoms with Crippen molar-refractivity contribution in [1.29, 1.82) is 0 Å². The molecule has 0 spiro atoms. The first kappa shape index (κ1) is 25.5. The van der Waals surface area contributed by atoms with Crippen LogP contribution in [0.3, 0.4) is 0 Å². The molecule has 6 heteroatoms. The Morgan fingerprint density at radius 1 is 1.00 bits per heavy atom. The highest BCUT2D eigenvalue weighted by atomic mass is 32.2. The third-order valence-corrected chi connectivity index (χ3v) is 7.70. The van der Waals surface area contributed by atoms with E-state index in [0.717, 1.165) is 42.2 Å². The summed E-state index contributed by atoms with van der Waals surface area (Å²) in [4.78, 5) is 12.5. The maximum Gasteiger partial charge on any atom is 0.230 e. The van der Waals surface area contributed by atoms with E-state index in [0.29, 0.717) is 18.3 Å². The number of benzene rings is 2. The lowest BCUT2D eigenvalue weighted by Gasteiger charge is -2.26. The number of hydrogen-bond donors (Lipinski definition) is 1. The van der Waals surface area contributed by atoms with E-state index in [1.807, 2.05) is 6.07 Å². The maximum absolute atomic E-state index is 12.5. The van der Waals surface area contributed by atoms with Crippen LogP contribution < -0.4 is 5.32 Å². The Hall–Kier alpha value is -2.60. The number of nitrogens with one attached hydrogen (secondary N) is 1. The van der Waals surface area contributed by atoms with E-state index in [9.17, 15) is 4.79 Å². The zero-order valence-corrected chi connectivity index (χ0v) is 22.1. The molecule has 1 aromatic heterocycles. The minimum Gasteiger partial charge on any atom is -0.355 e. The Morgan fingerprint density at radius 2 is 1.71 bits per heavy atom.